The Bertz CT molecular complexity index is 754. The van der Waals surface area contributed by atoms with Gasteiger partial charge in [-0.3, -0.25) is 14.3 Å². The maximum absolute atomic E-state index is 12.4. The molecule has 8 nitrogen and oxygen atoms in total. The van der Waals surface area contributed by atoms with Crippen LogP contribution in [0.2, 0.25) is 0 Å². The van der Waals surface area contributed by atoms with E-state index < -0.39 is 5.97 Å². The molecule has 9 heteroatoms. The number of hydrogen-bond donors (Lipinski definition) is 2. The number of anilines is 1. The van der Waals surface area contributed by atoms with Crippen LogP contribution >= 0.6 is 11.3 Å². The number of carboxylic acids is 1. The van der Waals surface area contributed by atoms with Gasteiger partial charge in [-0.1, -0.05) is 0 Å². The van der Waals surface area contributed by atoms with E-state index in [4.69, 9.17) is 10.8 Å². The number of rotatable bonds is 6. The maximum Gasteiger partial charge on any atom is 0.303 e. The fourth-order valence-corrected chi connectivity index (χ4v) is 3.32. The van der Waals surface area contributed by atoms with Gasteiger partial charge in [0.15, 0.2) is 5.13 Å². The molecule has 1 amide bonds. The van der Waals surface area contributed by atoms with Crippen molar-refractivity contribution in [3.63, 3.8) is 0 Å². The van der Waals surface area contributed by atoms with E-state index in [1.165, 1.54) is 11.3 Å². The van der Waals surface area contributed by atoms with Gasteiger partial charge in [0.2, 0.25) is 5.91 Å². The first-order chi connectivity index (χ1) is 11.5. The van der Waals surface area contributed by atoms with Crippen molar-refractivity contribution < 1.29 is 14.7 Å². The number of aromatic nitrogens is 3. The zero-order chi connectivity index (χ0) is 17.1. The van der Waals surface area contributed by atoms with Crippen molar-refractivity contribution in [3.8, 4) is 0 Å². The Labute approximate surface area is 142 Å². The van der Waals surface area contributed by atoms with Gasteiger partial charge in [-0.2, -0.15) is 5.10 Å². The highest BCUT2D eigenvalue weighted by atomic mass is 32.1. The van der Waals surface area contributed by atoms with Crippen molar-refractivity contribution in [1.82, 2.24) is 19.7 Å². The molecule has 1 aliphatic rings. The second-order valence-electron chi connectivity index (χ2n) is 5.74. The number of carboxylic acid groups (broad SMARTS) is 1. The summed E-state index contributed by atoms with van der Waals surface area (Å²) < 4.78 is 1.86. The summed E-state index contributed by atoms with van der Waals surface area (Å²) in [6, 6.07) is 1.89. The molecule has 0 aromatic carbocycles. The van der Waals surface area contributed by atoms with Crippen LogP contribution in [-0.4, -0.2) is 43.2 Å². The molecule has 128 valence electrons. The van der Waals surface area contributed by atoms with Crippen molar-refractivity contribution in [3.05, 3.63) is 28.5 Å². The molecule has 0 bridgehead atoms. The molecule has 3 rings (SSSR count). The molecule has 24 heavy (non-hydrogen) atoms. The molecule has 0 fully saturated rings. The van der Waals surface area contributed by atoms with Gasteiger partial charge in [0.05, 0.1) is 36.6 Å². The minimum atomic E-state index is -0.833. The Kier molecular flexibility index (Phi) is 4.79. The predicted molar refractivity (Wildman–Crippen MR) is 88.4 cm³/mol. The summed E-state index contributed by atoms with van der Waals surface area (Å²) in [5.41, 5.74) is 8.16. The third-order valence-electron chi connectivity index (χ3n) is 3.96. The molecule has 0 unspecified atom stereocenters. The van der Waals surface area contributed by atoms with Crippen LogP contribution in [0.25, 0.3) is 0 Å². The van der Waals surface area contributed by atoms with Gasteiger partial charge in [0.1, 0.15) is 0 Å². The lowest BCUT2D eigenvalue weighted by Gasteiger charge is -2.27. The SMILES string of the molecule is Nc1nc(CCC(=O)N2CCn3nc(CCC(=O)O)cc3C2)cs1. The number of aliphatic carboxylic acids is 1. The molecule has 0 atom stereocenters. The van der Waals surface area contributed by atoms with Crippen LogP contribution < -0.4 is 5.73 Å². The molecular weight excluding hydrogens is 330 g/mol. The number of nitrogens with zero attached hydrogens (tertiary/aromatic N) is 4. The molecule has 0 spiro atoms. The minimum absolute atomic E-state index is 0.0653. The highest BCUT2D eigenvalue weighted by Crippen LogP contribution is 2.17. The number of amides is 1. The Balaban J connectivity index is 1.55. The third kappa shape index (κ3) is 3.91. The first-order valence-electron chi connectivity index (χ1n) is 7.76. The average Bonchev–Trinajstić information content (AvgIpc) is 3.15. The topological polar surface area (TPSA) is 114 Å². The number of hydrogen-bond acceptors (Lipinski definition) is 6. The molecule has 2 aromatic heterocycles. The zero-order valence-electron chi connectivity index (χ0n) is 13.1. The molecule has 0 saturated carbocycles. The van der Waals surface area contributed by atoms with Crippen molar-refractivity contribution in [2.45, 2.75) is 38.8 Å². The second-order valence-corrected chi connectivity index (χ2v) is 6.63. The van der Waals surface area contributed by atoms with E-state index in [9.17, 15) is 9.59 Å². The lowest BCUT2D eigenvalue weighted by Crippen LogP contribution is -2.38. The molecular formula is C15H19N5O3S. The fraction of sp³-hybridized carbons (Fsp3) is 0.467. The van der Waals surface area contributed by atoms with Crippen molar-refractivity contribution >= 4 is 28.3 Å². The Morgan fingerprint density at radius 3 is 2.75 bits per heavy atom. The van der Waals surface area contributed by atoms with Crippen LogP contribution in [0.4, 0.5) is 5.13 Å². The van der Waals surface area contributed by atoms with Gasteiger partial charge in [-0.15, -0.1) is 11.3 Å². The van der Waals surface area contributed by atoms with Crippen LogP contribution in [-0.2, 0) is 35.5 Å². The molecule has 1 aliphatic heterocycles. The summed E-state index contributed by atoms with van der Waals surface area (Å²) in [5.74, 6) is -0.749. The van der Waals surface area contributed by atoms with Crippen molar-refractivity contribution in [2.75, 3.05) is 12.3 Å². The van der Waals surface area contributed by atoms with Crippen LogP contribution in [0.15, 0.2) is 11.4 Å². The predicted octanol–water partition coefficient (Wildman–Crippen LogP) is 0.914. The summed E-state index contributed by atoms with van der Waals surface area (Å²) in [5, 5.41) is 15.6. The quantitative estimate of drug-likeness (QED) is 0.801. The summed E-state index contributed by atoms with van der Waals surface area (Å²) in [6.07, 6.45) is 1.47. The van der Waals surface area contributed by atoms with Gasteiger partial charge >= 0.3 is 5.97 Å². The lowest BCUT2D eigenvalue weighted by atomic mass is 10.2. The monoisotopic (exact) mass is 349 g/mol. The van der Waals surface area contributed by atoms with Crippen molar-refractivity contribution in [2.24, 2.45) is 0 Å². The standard InChI is InChI=1S/C15H19N5O3S/c16-15-17-11(9-24-15)1-3-13(21)19-5-6-20-12(8-19)7-10(18-20)2-4-14(22)23/h7,9H,1-6,8H2,(H2,16,17)(H,22,23). The van der Waals surface area contributed by atoms with Gasteiger partial charge in [-0.05, 0) is 12.5 Å². The smallest absolute Gasteiger partial charge is 0.303 e. The van der Waals surface area contributed by atoms with Crippen molar-refractivity contribution in [1.29, 1.82) is 0 Å². The zero-order valence-corrected chi connectivity index (χ0v) is 14.0. The van der Waals surface area contributed by atoms with Crippen LogP contribution in [0.5, 0.6) is 0 Å². The minimum Gasteiger partial charge on any atom is -0.481 e. The molecule has 0 saturated heterocycles. The molecule has 0 radical (unpaired) electrons. The Morgan fingerprint density at radius 2 is 2.04 bits per heavy atom. The fourth-order valence-electron chi connectivity index (χ4n) is 2.73. The van der Waals surface area contributed by atoms with Gasteiger partial charge in [0.25, 0.3) is 0 Å². The van der Waals surface area contributed by atoms with E-state index in [1.54, 1.807) is 0 Å². The van der Waals surface area contributed by atoms with Gasteiger partial charge in [-0.25, -0.2) is 4.98 Å². The van der Waals surface area contributed by atoms with E-state index in [2.05, 4.69) is 10.1 Å². The molecule has 2 aromatic rings. The van der Waals surface area contributed by atoms with Crippen LogP contribution in [0.1, 0.15) is 29.9 Å². The number of nitrogen functional groups attached to an aromatic ring is 1. The first kappa shape index (κ1) is 16.4. The summed E-state index contributed by atoms with van der Waals surface area (Å²) >= 11 is 1.38. The summed E-state index contributed by atoms with van der Waals surface area (Å²) in [7, 11) is 0. The number of carbonyl (C=O) groups is 2. The second kappa shape index (κ2) is 7.00. The average molecular weight is 349 g/mol. The van der Waals surface area contributed by atoms with Crippen LogP contribution in [0, 0.1) is 0 Å². The number of aryl methyl sites for hydroxylation is 2. The summed E-state index contributed by atoms with van der Waals surface area (Å²) in [4.78, 5) is 29.0. The number of carbonyl (C=O) groups excluding carboxylic acids is 1. The number of fused-ring (bicyclic) bond motifs is 1. The highest BCUT2D eigenvalue weighted by molar-refractivity contribution is 7.13. The lowest BCUT2D eigenvalue weighted by molar-refractivity contribution is -0.137. The van der Waals surface area contributed by atoms with E-state index in [0.717, 1.165) is 17.1 Å². The Hall–Kier alpha value is -2.42. The highest BCUT2D eigenvalue weighted by Gasteiger charge is 2.22. The van der Waals surface area contributed by atoms with Crippen LogP contribution in [0.3, 0.4) is 0 Å². The third-order valence-corrected chi connectivity index (χ3v) is 4.68. The van der Waals surface area contributed by atoms with E-state index in [1.807, 2.05) is 21.0 Å². The molecule has 3 N–H and O–H groups in total. The van der Waals surface area contributed by atoms with E-state index >= 15 is 0 Å². The van der Waals surface area contributed by atoms with E-state index in [-0.39, 0.29) is 12.3 Å². The largest absolute Gasteiger partial charge is 0.481 e. The van der Waals surface area contributed by atoms with E-state index in [0.29, 0.717) is 44.0 Å². The molecule has 0 aliphatic carbocycles. The normalized spacial score (nSPS) is 13.8. The number of thiazole rings is 1. The molecule has 3 heterocycles. The van der Waals surface area contributed by atoms with Gasteiger partial charge < -0.3 is 15.7 Å². The van der Waals surface area contributed by atoms with Gasteiger partial charge in [0, 0.05) is 24.8 Å². The maximum atomic E-state index is 12.4. The Morgan fingerprint density at radius 1 is 1.25 bits per heavy atom. The first-order valence-corrected chi connectivity index (χ1v) is 8.64. The summed E-state index contributed by atoms with van der Waals surface area (Å²) in [6.45, 7) is 1.76. The number of nitrogens with two attached hydrogens (primary N) is 1.